The Morgan fingerprint density at radius 2 is 1.31 bits per heavy atom. The summed E-state index contributed by atoms with van der Waals surface area (Å²) in [4.78, 5) is 12.1. The van der Waals surface area contributed by atoms with Crippen LogP contribution in [0.15, 0.2) is 67.6 Å². The van der Waals surface area contributed by atoms with E-state index in [0.717, 1.165) is 18.2 Å². The van der Waals surface area contributed by atoms with Crippen molar-refractivity contribution in [1.82, 2.24) is 24.1 Å². The number of hydrogen-bond acceptors (Lipinski definition) is 3. The van der Waals surface area contributed by atoms with E-state index in [9.17, 15) is 17.6 Å². The van der Waals surface area contributed by atoms with Gasteiger partial charge in [0.15, 0.2) is 0 Å². The van der Waals surface area contributed by atoms with E-state index in [0.29, 0.717) is 17.1 Å². The Kier molecular flexibility index (Phi) is 9.52. The molecular weight excluding hydrogens is 674 g/mol. The van der Waals surface area contributed by atoms with E-state index >= 15 is 0 Å². The zero-order chi connectivity index (χ0) is 26.2. The fourth-order valence-corrected chi connectivity index (χ4v) is 3.11. The van der Waals surface area contributed by atoms with Crippen LogP contribution in [0.25, 0.3) is 33.8 Å². The molecule has 0 amide bonds. The van der Waals surface area contributed by atoms with Crippen LogP contribution in [0, 0.1) is 35.4 Å². The average molecular weight is 691 g/mol. The van der Waals surface area contributed by atoms with Crippen molar-refractivity contribution < 1.29 is 35.5 Å². The molecule has 0 unspecified atom stereocenters. The maximum absolute atomic E-state index is 13.9. The second-order valence-corrected chi connectivity index (χ2v) is 7.32. The number of halogens is 5. The van der Waals surface area contributed by atoms with Gasteiger partial charge in [-0.2, -0.15) is 0 Å². The van der Waals surface area contributed by atoms with Gasteiger partial charge in [-0.25, -0.2) is 0 Å². The molecule has 0 N–H and O–H groups in total. The third-order valence-corrected chi connectivity index (χ3v) is 4.68. The molecule has 3 aromatic heterocycles. The van der Waals surface area contributed by atoms with E-state index in [4.69, 9.17) is 0 Å². The molecule has 0 aliphatic heterocycles. The van der Waals surface area contributed by atoms with Crippen LogP contribution >= 0.6 is 9.58 Å². The fraction of sp³-hybridized carbons (Fsp3) is 0.0800. The van der Waals surface area contributed by atoms with Crippen LogP contribution in [-0.2, 0) is 32.0 Å². The third-order valence-electron chi connectivity index (χ3n) is 4.68. The summed E-state index contributed by atoms with van der Waals surface area (Å²) in [6.45, 7) is 0. The average Bonchev–Trinajstić information content (AvgIpc) is 3.49. The van der Waals surface area contributed by atoms with Gasteiger partial charge < -0.3 is 14.1 Å². The summed E-state index contributed by atoms with van der Waals surface area (Å²) >= 11 is 1.47. The molecule has 5 rings (SSSR count). The SMILES string of the molecule is Cn1cnc(-c2[c-]c(-c3cn(C)cn3)c(F)cc2F)c1.Fc1c[c-]c(-c2ccccn2)c(F)c1.[Cl][Ir+2]. The second kappa shape index (κ2) is 12.6. The van der Waals surface area contributed by atoms with Crippen LogP contribution < -0.4 is 0 Å². The van der Waals surface area contributed by atoms with E-state index in [2.05, 4.69) is 36.7 Å². The van der Waals surface area contributed by atoms with Crippen molar-refractivity contribution in [3.8, 4) is 33.8 Å². The number of hydrogen-bond donors (Lipinski definition) is 0. The molecule has 0 saturated heterocycles. The topological polar surface area (TPSA) is 48.5 Å². The number of aryl methyl sites for hydroxylation is 2. The molecule has 0 fully saturated rings. The molecule has 3 heterocycles. The van der Waals surface area contributed by atoms with Gasteiger partial charge in [0.2, 0.25) is 0 Å². The molecule has 5 nitrogen and oxygen atoms in total. The Hall–Kier alpha value is -3.33. The van der Waals surface area contributed by atoms with Gasteiger partial charge in [0, 0.05) is 43.3 Å². The monoisotopic (exact) mass is 691 g/mol. The number of aromatic nitrogens is 5. The Morgan fingerprint density at radius 1 is 0.750 bits per heavy atom. The molecule has 0 aliphatic rings. The predicted octanol–water partition coefficient (Wildman–Crippen LogP) is 6.08. The first-order valence-electron chi connectivity index (χ1n) is 10.1. The van der Waals surface area contributed by atoms with Crippen molar-refractivity contribution in [1.29, 1.82) is 0 Å². The molecule has 0 radical (unpaired) electrons. The molecule has 0 aliphatic carbocycles. The Bertz CT molecular complexity index is 1380. The molecule has 186 valence electrons. The molecule has 36 heavy (non-hydrogen) atoms. The van der Waals surface area contributed by atoms with Gasteiger partial charge in [-0.05, 0) is 24.2 Å². The molecule has 11 heteroatoms. The summed E-state index contributed by atoms with van der Waals surface area (Å²) < 4.78 is 57.0. The van der Waals surface area contributed by atoms with Gasteiger partial charge in [-0.1, -0.05) is 41.0 Å². The van der Waals surface area contributed by atoms with Gasteiger partial charge in [0.25, 0.3) is 0 Å². The normalized spacial score (nSPS) is 10.2. The van der Waals surface area contributed by atoms with Gasteiger partial charge in [0.05, 0.1) is 24.3 Å². The Labute approximate surface area is 219 Å². The molecule has 0 bridgehead atoms. The zero-order valence-electron chi connectivity index (χ0n) is 18.8. The quantitative estimate of drug-likeness (QED) is 0.170. The summed E-state index contributed by atoms with van der Waals surface area (Å²) in [5, 5.41) is 0. The van der Waals surface area contributed by atoms with E-state index in [1.807, 2.05) is 0 Å². The Morgan fingerprint density at radius 3 is 1.75 bits per heavy atom. The van der Waals surface area contributed by atoms with E-state index in [-0.39, 0.29) is 16.7 Å². The number of benzene rings is 2. The zero-order valence-corrected chi connectivity index (χ0v) is 22.0. The van der Waals surface area contributed by atoms with Crippen LogP contribution in [0.3, 0.4) is 0 Å². The van der Waals surface area contributed by atoms with Crippen molar-refractivity contribution in [2.75, 3.05) is 0 Å². The van der Waals surface area contributed by atoms with Crippen LogP contribution in [0.2, 0.25) is 0 Å². The number of nitrogens with zero attached hydrogens (tertiary/aromatic N) is 5. The van der Waals surface area contributed by atoms with E-state index in [1.165, 1.54) is 17.9 Å². The number of pyridine rings is 1. The number of rotatable bonds is 3. The minimum atomic E-state index is -0.694. The second-order valence-electron chi connectivity index (χ2n) is 7.32. The van der Waals surface area contributed by atoms with Crippen LogP contribution in [0.1, 0.15) is 0 Å². The van der Waals surface area contributed by atoms with Crippen LogP contribution in [0.5, 0.6) is 0 Å². The Balaban J connectivity index is 0.000000198. The van der Waals surface area contributed by atoms with Crippen molar-refractivity contribution in [2.24, 2.45) is 14.1 Å². The number of imidazole rings is 2. The first-order chi connectivity index (χ1) is 17.3. The summed E-state index contributed by atoms with van der Waals surface area (Å²) in [5.74, 6) is -2.67. The van der Waals surface area contributed by atoms with Gasteiger partial charge >= 0.3 is 27.5 Å². The molecule has 0 saturated carbocycles. The molecule has 0 atom stereocenters. The standard InChI is InChI=1S/C14H11F2N4.C11H6F2N.ClH.Ir/c1-19-5-13(17-7-19)9-3-10(12(16)4-11(9)15)14-6-20(2)8-18-14;12-8-4-5-9(10(13)7-8)11-3-1-2-6-14-11;;/h4-8H,1-2H3;1-4,6-7H;1H;/q2*-1;;+3/p-1. The maximum atomic E-state index is 13.9. The summed E-state index contributed by atoms with van der Waals surface area (Å²) in [7, 11) is 8.19. The minimum absolute atomic E-state index is 0.132. The summed E-state index contributed by atoms with van der Waals surface area (Å²) in [6.07, 6.45) is 7.94. The molecule has 5 aromatic rings. The molecule has 0 spiro atoms. The first-order valence-corrected chi connectivity index (χ1v) is 13.1. The summed E-state index contributed by atoms with van der Waals surface area (Å²) in [6, 6.07) is 13.1. The van der Waals surface area contributed by atoms with Crippen molar-refractivity contribution in [3.05, 3.63) is 103 Å². The molecular formula is C25H17ClF4IrN5. The van der Waals surface area contributed by atoms with Crippen molar-refractivity contribution in [3.63, 3.8) is 0 Å². The van der Waals surface area contributed by atoms with Gasteiger partial charge in [-0.15, -0.1) is 18.2 Å². The summed E-state index contributed by atoms with van der Waals surface area (Å²) in [5.41, 5.74) is 1.71. The van der Waals surface area contributed by atoms with E-state index in [1.54, 1.807) is 72.7 Å². The van der Waals surface area contributed by atoms with Crippen molar-refractivity contribution >= 4 is 9.58 Å². The van der Waals surface area contributed by atoms with Crippen LogP contribution in [-0.4, -0.2) is 24.1 Å². The first kappa shape index (κ1) is 27.3. The van der Waals surface area contributed by atoms with Gasteiger partial charge in [0.1, 0.15) is 0 Å². The van der Waals surface area contributed by atoms with E-state index < -0.39 is 23.3 Å². The van der Waals surface area contributed by atoms with Gasteiger partial charge in [-0.3, -0.25) is 27.5 Å². The predicted molar refractivity (Wildman–Crippen MR) is 124 cm³/mol. The molecule has 2 aromatic carbocycles. The third kappa shape index (κ3) is 6.66. The fourth-order valence-electron chi connectivity index (χ4n) is 3.11. The van der Waals surface area contributed by atoms with Crippen LogP contribution in [0.4, 0.5) is 17.6 Å². The van der Waals surface area contributed by atoms with Crippen molar-refractivity contribution in [2.45, 2.75) is 0 Å².